The van der Waals surface area contributed by atoms with Gasteiger partial charge in [0.25, 0.3) is 11.8 Å². The first-order valence-corrected chi connectivity index (χ1v) is 19.3. The first-order chi connectivity index (χ1) is 27.9. The van der Waals surface area contributed by atoms with Gasteiger partial charge in [-0.15, -0.1) is 23.1 Å². The summed E-state index contributed by atoms with van der Waals surface area (Å²) >= 11 is 2.39. The minimum atomic E-state index is -1.05. The quantitative estimate of drug-likeness (QED) is 0.0596. The Hall–Kier alpha value is -6.79. The number of thioether (sulfide) groups is 1. The molecule has 3 aromatic carbocycles. The molecular formula is C40H35N5O11S2. The molecule has 2 aliphatic heterocycles. The lowest BCUT2D eigenvalue weighted by Gasteiger charge is -2.49. The number of anilines is 1. The first-order valence-electron chi connectivity index (χ1n) is 17.4. The van der Waals surface area contributed by atoms with Crippen molar-refractivity contribution in [3.05, 3.63) is 130 Å². The standard InChI is InChI=1S/C40H35N5O11S2/c1-22(46)54-29-17-16-26(19-30(29)55-23(2)47)38(50)53-18-10-15-27-20-57-37-32(43-35(48)31(44-52-3)28-21-58-40(41)42-28)36(49)45(37)33(27)39(51)56-34(24-11-6-4-7-12-24)25-13-8-5-9-14-25/h4-17,19,21,32,34,37H,18,20H2,1-3H3,(H2,41,42)(H,43,48)/b15-10+,44-31-. The molecule has 2 amide bonds. The highest BCUT2D eigenvalue weighted by molar-refractivity contribution is 8.00. The van der Waals surface area contributed by atoms with Crippen LogP contribution in [0.4, 0.5) is 5.13 Å². The van der Waals surface area contributed by atoms with Crippen LogP contribution in [0.5, 0.6) is 11.5 Å². The molecule has 0 bridgehead atoms. The van der Waals surface area contributed by atoms with Gasteiger partial charge in [0.2, 0.25) is 0 Å². The molecule has 58 heavy (non-hydrogen) atoms. The van der Waals surface area contributed by atoms with Crippen LogP contribution >= 0.6 is 23.1 Å². The Labute approximate surface area is 339 Å². The number of nitrogens with two attached hydrogens (primary N) is 1. The third-order valence-electron chi connectivity index (χ3n) is 8.39. The van der Waals surface area contributed by atoms with Crippen LogP contribution < -0.4 is 20.5 Å². The van der Waals surface area contributed by atoms with Gasteiger partial charge in [0.05, 0.1) is 5.56 Å². The number of fused-ring (bicyclic) bond motifs is 1. The minimum absolute atomic E-state index is 0.00387. The first kappa shape index (κ1) is 40.9. The molecule has 3 N–H and O–H groups in total. The Kier molecular flexibility index (Phi) is 13.0. The summed E-state index contributed by atoms with van der Waals surface area (Å²) in [4.78, 5) is 87.9. The summed E-state index contributed by atoms with van der Waals surface area (Å²) < 4.78 is 21.8. The average molecular weight is 826 g/mol. The summed E-state index contributed by atoms with van der Waals surface area (Å²) in [6.07, 6.45) is 2.21. The zero-order valence-corrected chi connectivity index (χ0v) is 32.7. The number of ether oxygens (including phenoxy) is 4. The van der Waals surface area contributed by atoms with Crippen LogP contribution in [0, 0.1) is 0 Å². The molecular weight excluding hydrogens is 791 g/mol. The number of carbonyl (C=O) groups is 6. The second kappa shape index (κ2) is 18.4. The lowest BCUT2D eigenvalue weighted by atomic mass is 10.0. The number of thiazole rings is 1. The van der Waals surface area contributed by atoms with Gasteiger partial charge >= 0.3 is 23.9 Å². The number of amides is 2. The van der Waals surface area contributed by atoms with Crippen LogP contribution in [-0.2, 0) is 38.3 Å². The second-order valence-corrected chi connectivity index (χ2v) is 14.4. The fourth-order valence-corrected chi connectivity index (χ4v) is 7.78. The van der Waals surface area contributed by atoms with Gasteiger partial charge in [-0.05, 0) is 41.0 Å². The van der Waals surface area contributed by atoms with E-state index >= 15 is 0 Å². The van der Waals surface area contributed by atoms with Crippen molar-refractivity contribution >= 4 is 69.6 Å². The number of oxime groups is 1. The maximum absolute atomic E-state index is 14.3. The molecule has 1 aromatic heterocycles. The van der Waals surface area contributed by atoms with Gasteiger partial charge in [0.1, 0.15) is 36.5 Å². The molecule has 0 saturated carbocycles. The normalized spacial score (nSPS) is 16.3. The summed E-state index contributed by atoms with van der Waals surface area (Å²) in [5.74, 6) is -4.28. The van der Waals surface area contributed by atoms with E-state index in [1.165, 1.54) is 60.4 Å². The van der Waals surface area contributed by atoms with Gasteiger partial charge in [-0.25, -0.2) is 14.6 Å². The highest BCUT2D eigenvalue weighted by Crippen LogP contribution is 2.42. The van der Waals surface area contributed by atoms with Gasteiger partial charge in [-0.3, -0.25) is 24.1 Å². The highest BCUT2D eigenvalue weighted by Gasteiger charge is 2.54. The van der Waals surface area contributed by atoms with Crippen LogP contribution in [-0.4, -0.2) is 82.2 Å². The molecule has 2 unspecified atom stereocenters. The molecule has 2 aliphatic rings. The number of allylic oxidation sites excluding steroid dienone is 1. The molecule has 0 aliphatic carbocycles. The SMILES string of the molecule is CO/N=C(\C(=O)NC1C(=O)N2C(C(=O)OC(c3ccccc3)c3ccccc3)=C(/C=C/COC(=O)c3ccc(OC(C)=O)c(OC(C)=O)c3)CSC12)c1csc(N)n1. The molecule has 1 saturated heterocycles. The Morgan fingerprint density at radius 2 is 1.60 bits per heavy atom. The van der Waals surface area contributed by atoms with E-state index in [4.69, 9.17) is 29.5 Å². The molecule has 298 valence electrons. The van der Waals surface area contributed by atoms with E-state index in [0.29, 0.717) is 16.7 Å². The fraction of sp³-hybridized carbons (Fsp3) is 0.200. The number of rotatable bonds is 14. The lowest BCUT2D eigenvalue weighted by Crippen LogP contribution is -2.71. The van der Waals surface area contributed by atoms with Crippen LogP contribution in [0.2, 0.25) is 0 Å². The zero-order chi connectivity index (χ0) is 41.3. The largest absolute Gasteiger partial charge is 0.458 e. The molecule has 0 spiro atoms. The number of nitrogens with one attached hydrogen (secondary N) is 1. The summed E-state index contributed by atoms with van der Waals surface area (Å²) in [5, 5.41) is 7.52. The van der Waals surface area contributed by atoms with Crippen LogP contribution in [0.15, 0.2) is 113 Å². The Morgan fingerprint density at radius 1 is 0.948 bits per heavy atom. The van der Waals surface area contributed by atoms with E-state index < -0.39 is 53.2 Å². The molecule has 0 radical (unpaired) electrons. The minimum Gasteiger partial charge on any atom is -0.458 e. The average Bonchev–Trinajstić information content (AvgIpc) is 3.65. The molecule has 6 rings (SSSR count). The summed E-state index contributed by atoms with van der Waals surface area (Å²) in [7, 11) is 1.26. The second-order valence-electron chi connectivity index (χ2n) is 12.4. The maximum Gasteiger partial charge on any atom is 0.356 e. The van der Waals surface area contributed by atoms with Crippen LogP contribution in [0.3, 0.4) is 0 Å². The van der Waals surface area contributed by atoms with E-state index in [1.54, 1.807) is 6.08 Å². The molecule has 18 heteroatoms. The molecule has 2 atom stereocenters. The third kappa shape index (κ3) is 9.42. The van der Waals surface area contributed by atoms with Crippen molar-refractivity contribution in [3.8, 4) is 11.5 Å². The molecule has 1 fully saturated rings. The number of β-lactam (4-membered cyclic amide) rings is 1. The number of hydrogen-bond donors (Lipinski definition) is 2. The van der Waals surface area contributed by atoms with E-state index in [1.807, 2.05) is 60.7 Å². The van der Waals surface area contributed by atoms with Crippen LogP contribution in [0.1, 0.15) is 47.1 Å². The summed E-state index contributed by atoms with van der Waals surface area (Å²) in [5.41, 5.74) is 7.46. The predicted molar refractivity (Wildman–Crippen MR) is 211 cm³/mol. The predicted octanol–water partition coefficient (Wildman–Crippen LogP) is 4.33. The molecule has 16 nitrogen and oxygen atoms in total. The number of nitrogens with zero attached hydrogens (tertiary/aromatic N) is 3. The zero-order valence-electron chi connectivity index (χ0n) is 31.1. The number of nitrogen functional groups attached to an aromatic ring is 1. The third-order valence-corrected chi connectivity index (χ3v) is 10.4. The van der Waals surface area contributed by atoms with Gasteiger partial charge < -0.3 is 34.8 Å². The summed E-state index contributed by atoms with van der Waals surface area (Å²) in [6.45, 7) is 2.06. The number of hydrogen-bond acceptors (Lipinski definition) is 16. The fourth-order valence-electron chi connectivity index (χ4n) is 5.92. The Bertz CT molecular complexity index is 2290. The van der Waals surface area contributed by atoms with Gasteiger partial charge in [0.15, 0.2) is 28.4 Å². The lowest BCUT2D eigenvalue weighted by molar-refractivity contribution is -0.154. The van der Waals surface area contributed by atoms with E-state index in [-0.39, 0.29) is 51.7 Å². The Balaban J connectivity index is 1.25. The maximum atomic E-state index is 14.3. The topological polar surface area (TPSA) is 215 Å². The smallest absolute Gasteiger partial charge is 0.356 e. The van der Waals surface area contributed by atoms with Crippen molar-refractivity contribution in [1.29, 1.82) is 0 Å². The van der Waals surface area contributed by atoms with E-state index in [0.717, 1.165) is 18.3 Å². The van der Waals surface area contributed by atoms with Crippen molar-refractivity contribution < 1.29 is 52.6 Å². The van der Waals surface area contributed by atoms with Crippen molar-refractivity contribution in [2.24, 2.45) is 5.16 Å². The van der Waals surface area contributed by atoms with Crippen molar-refractivity contribution in [2.45, 2.75) is 31.4 Å². The number of aromatic nitrogens is 1. The number of carbonyl (C=O) groups excluding carboxylic acids is 6. The van der Waals surface area contributed by atoms with Gasteiger partial charge in [-0.1, -0.05) is 71.9 Å². The summed E-state index contributed by atoms with van der Waals surface area (Å²) in [6, 6.07) is 21.0. The van der Waals surface area contributed by atoms with Crippen molar-refractivity contribution in [1.82, 2.24) is 15.2 Å². The van der Waals surface area contributed by atoms with Crippen molar-refractivity contribution in [2.75, 3.05) is 25.2 Å². The highest BCUT2D eigenvalue weighted by atomic mass is 32.2. The Morgan fingerprint density at radius 3 is 2.21 bits per heavy atom. The monoisotopic (exact) mass is 825 g/mol. The van der Waals surface area contributed by atoms with E-state index in [2.05, 4.69) is 15.5 Å². The molecule has 3 heterocycles. The van der Waals surface area contributed by atoms with E-state index in [9.17, 15) is 28.8 Å². The van der Waals surface area contributed by atoms with Gasteiger partial charge in [0, 0.05) is 25.0 Å². The van der Waals surface area contributed by atoms with Crippen LogP contribution in [0.25, 0.3) is 0 Å². The number of benzene rings is 3. The van der Waals surface area contributed by atoms with Crippen molar-refractivity contribution in [3.63, 3.8) is 0 Å². The van der Waals surface area contributed by atoms with Gasteiger partial charge in [-0.2, -0.15) is 0 Å². The number of esters is 4. The molecule has 4 aromatic rings.